The van der Waals surface area contributed by atoms with Gasteiger partial charge in [-0.15, -0.1) is 0 Å². The van der Waals surface area contributed by atoms with E-state index in [0.717, 1.165) is 0 Å². The van der Waals surface area contributed by atoms with Crippen molar-refractivity contribution in [1.82, 2.24) is 0 Å². The van der Waals surface area contributed by atoms with Gasteiger partial charge in [0.2, 0.25) is 0 Å². The van der Waals surface area contributed by atoms with E-state index in [0.29, 0.717) is 0 Å². The maximum atomic E-state index is 11.2. The van der Waals surface area contributed by atoms with Crippen LogP contribution < -0.4 is 0 Å². The van der Waals surface area contributed by atoms with Gasteiger partial charge in [-0.25, -0.2) is 0 Å². The summed E-state index contributed by atoms with van der Waals surface area (Å²) in [6.45, 7) is 5.01. The quantitative estimate of drug-likeness (QED) is 0.671. The Balaban J connectivity index is 2.15. The van der Waals surface area contributed by atoms with E-state index >= 15 is 0 Å². The molecular formula is C10H16O5. The van der Waals surface area contributed by atoms with Gasteiger partial charge in [0.1, 0.15) is 12.2 Å². The van der Waals surface area contributed by atoms with Gasteiger partial charge in [-0.3, -0.25) is 4.79 Å². The maximum absolute atomic E-state index is 11.2. The zero-order valence-electron chi connectivity index (χ0n) is 9.04. The van der Waals surface area contributed by atoms with Gasteiger partial charge in [0.15, 0.2) is 18.4 Å². The molecule has 5 nitrogen and oxygen atoms in total. The van der Waals surface area contributed by atoms with Gasteiger partial charge in [0.05, 0.1) is 6.10 Å². The van der Waals surface area contributed by atoms with Gasteiger partial charge < -0.3 is 19.3 Å². The highest BCUT2D eigenvalue weighted by molar-refractivity contribution is 5.81. The van der Waals surface area contributed by atoms with Gasteiger partial charge in [-0.2, -0.15) is 0 Å². The fourth-order valence-corrected chi connectivity index (χ4v) is 2.10. The van der Waals surface area contributed by atoms with Crippen LogP contribution in [0.25, 0.3) is 0 Å². The summed E-state index contributed by atoms with van der Waals surface area (Å²) in [4.78, 5) is 11.2. The number of fused-ring (bicyclic) bond motifs is 1. The number of carbonyl (C=O) groups excluding carboxylic acids is 1. The molecule has 5 heteroatoms. The van der Waals surface area contributed by atoms with Gasteiger partial charge >= 0.3 is 0 Å². The van der Waals surface area contributed by atoms with Crippen molar-refractivity contribution < 1.29 is 24.1 Å². The summed E-state index contributed by atoms with van der Waals surface area (Å²) < 4.78 is 16.2. The molecule has 0 aromatic rings. The first-order chi connectivity index (χ1) is 7.00. The molecule has 2 saturated heterocycles. The first-order valence-corrected chi connectivity index (χ1v) is 5.15. The van der Waals surface area contributed by atoms with E-state index in [1.54, 1.807) is 6.92 Å². The third-order valence-corrected chi connectivity index (χ3v) is 2.99. The van der Waals surface area contributed by atoms with Crippen molar-refractivity contribution in [1.29, 1.82) is 0 Å². The predicted molar refractivity (Wildman–Crippen MR) is 49.9 cm³/mol. The van der Waals surface area contributed by atoms with E-state index in [9.17, 15) is 9.90 Å². The van der Waals surface area contributed by atoms with Crippen LogP contribution in [0.5, 0.6) is 0 Å². The van der Waals surface area contributed by atoms with Crippen molar-refractivity contribution in [3.63, 3.8) is 0 Å². The normalized spacial score (nSPS) is 50.1. The molecular weight excluding hydrogens is 200 g/mol. The summed E-state index contributed by atoms with van der Waals surface area (Å²) in [6.07, 6.45) is -2.79. The maximum Gasteiger partial charge on any atom is 0.188 e. The second-order valence-electron chi connectivity index (χ2n) is 4.19. The molecule has 6 atom stereocenters. The van der Waals surface area contributed by atoms with Crippen LogP contribution in [-0.4, -0.2) is 41.8 Å². The lowest BCUT2D eigenvalue weighted by Gasteiger charge is -2.37. The van der Waals surface area contributed by atoms with E-state index in [4.69, 9.17) is 14.2 Å². The monoisotopic (exact) mass is 216 g/mol. The van der Waals surface area contributed by atoms with Crippen molar-refractivity contribution in [2.75, 3.05) is 0 Å². The number of rotatable bonds is 1. The number of aliphatic hydroxyl groups is 1. The molecule has 1 N–H and O–H groups in total. The van der Waals surface area contributed by atoms with E-state index in [2.05, 4.69) is 0 Å². The molecule has 0 spiro atoms. The van der Waals surface area contributed by atoms with Crippen molar-refractivity contribution in [2.24, 2.45) is 5.92 Å². The zero-order chi connectivity index (χ0) is 11.2. The summed E-state index contributed by atoms with van der Waals surface area (Å²) in [5, 5.41) is 9.86. The molecule has 0 aromatic carbocycles. The van der Waals surface area contributed by atoms with Crippen LogP contribution in [0.1, 0.15) is 20.8 Å². The molecule has 2 fully saturated rings. The average Bonchev–Trinajstić information content (AvgIpc) is 2.52. The fraction of sp³-hybridized carbons (Fsp3) is 0.900. The van der Waals surface area contributed by atoms with Crippen molar-refractivity contribution >= 4 is 5.78 Å². The zero-order valence-corrected chi connectivity index (χ0v) is 9.04. The first-order valence-electron chi connectivity index (χ1n) is 5.15. The molecule has 2 aliphatic rings. The highest BCUT2D eigenvalue weighted by Gasteiger charge is 2.50. The van der Waals surface area contributed by atoms with Gasteiger partial charge in [0.25, 0.3) is 0 Å². The van der Waals surface area contributed by atoms with Crippen LogP contribution in [0, 0.1) is 5.92 Å². The molecule has 2 unspecified atom stereocenters. The van der Waals surface area contributed by atoms with Crippen LogP contribution >= 0.6 is 0 Å². The minimum absolute atomic E-state index is 0.164. The second kappa shape index (κ2) is 3.83. The molecule has 15 heavy (non-hydrogen) atoms. The Hall–Kier alpha value is -0.490. The lowest BCUT2D eigenvalue weighted by molar-refractivity contribution is -0.225. The summed E-state index contributed by atoms with van der Waals surface area (Å²) in [6, 6.07) is 0. The Kier molecular flexibility index (Phi) is 2.81. The molecule has 86 valence electrons. The second-order valence-corrected chi connectivity index (χ2v) is 4.19. The Morgan fingerprint density at radius 2 is 1.87 bits per heavy atom. The molecule has 0 aliphatic carbocycles. The molecule has 2 aliphatic heterocycles. The third-order valence-electron chi connectivity index (χ3n) is 2.99. The highest BCUT2D eigenvalue weighted by Crippen LogP contribution is 2.34. The van der Waals surface area contributed by atoms with E-state index in [1.165, 1.54) is 6.92 Å². The average molecular weight is 216 g/mol. The van der Waals surface area contributed by atoms with E-state index < -0.39 is 18.5 Å². The van der Waals surface area contributed by atoms with E-state index in [1.807, 2.05) is 6.92 Å². The van der Waals surface area contributed by atoms with Crippen molar-refractivity contribution in [2.45, 2.75) is 51.7 Å². The van der Waals surface area contributed by atoms with Gasteiger partial charge in [0, 0.05) is 5.92 Å². The lowest BCUT2D eigenvalue weighted by Crippen LogP contribution is -2.54. The number of hydrogen-bond acceptors (Lipinski definition) is 5. The minimum atomic E-state index is -0.822. The Morgan fingerprint density at radius 1 is 1.20 bits per heavy atom. The molecule has 0 radical (unpaired) electrons. The predicted octanol–water partition coefficient (Wildman–Crippen LogP) is 0.0587. The Bertz CT molecular complexity index is 265. The largest absolute Gasteiger partial charge is 0.390 e. The number of ketones is 1. The molecule has 0 saturated carbocycles. The van der Waals surface area contributed by atoms with Crippen LogP contribution in [0.3, 0.4) is 0 Å². The van der Waals surface area contributed by atoms with Crippen LogP contribution in [0.2, 0.25) is 0 Å². The molecule has 2 heterocycles. The van der Waals surface area contributed by atoms with Gasteiger partial charge in [-0.05, 0) is 13.8 Å². The van der Waals surface area contributed by atoms with Crippen molar-refractivity contribution in [3.05, 3.63) is 0 Å². The first kappa shape index (κ1) is 11.0. The SMILES string of the molecule is CC(=O)[C@@H]1O[C@@H]2OC(C)OC2[C@@H](C)[C@H]1O. The highest BCUT2D eigenvalue weighted by atomic mass is 16.8. The van der Waals surface area contributed by atoms with E-state index in [-0.39, 0.29) is 24.1 Å². The van der Waals surface area contributed by atoms with Crippen molar-refractivity contribution in [3.8, 4) is 0 Å². The molecule has 2 rings (SSSR count). The Morgan fingerprint density at radius 3 is 2.47 bits per heavy atom. The third kappa shape index (κ3) is 1.80. The standard InChI is InChI=1S/C10H16O5/c1-4-7(12)9(5(2)11)15-10-8(4)13-6(3)14-10/h4,6-10,12H,1-3H3/t4-,6?,7+,8?,9-,10-/m0/s1. The molecule has 0 bridgehead atoms. The minimum Gasteiger partial charge on any atom is -0.390 e. The number of aliphatic hydroxyl groups excluding tert-OH is 1. The number of Topliss-reactive ketones (excluding diaryl/α,β-unsaturated/α-hetero) is 1. The van der Waals surface area contributed by atoms with Crippen LogP contribution in [-0.2, 0) is 19.0 Å². The number of hydrogen-bond donors (Lipinski definition) is 1. The molecule has 0 aromatic heterocycles. The number of ether oxygens (including phenoxy) is 3. The summed E-state index contributed by atoms with van der Waals surface area (Å²) in [5.74, 6) is -0.349. The Labute approximate surface area is 88.3 Å². The molecule has 0 amide bonds. The summed E-state index contributed by atoms with van der Waals surface area (Å²) in [7, 11) is 0. The summed E-state index contributed by atoms with van der Waals surface area (Å²) >= 11 is 0. The summed E-state index contributed by atoms with van der Waals surface area (Å²) in [5.41, 5.74) is 0. The van der Waals surface area contributed by atoms with Crippen LogP contribution in [0.4, 0.5) is 0 Å². The fourth-order valence-electron chi connectivity index (χ4n) is 2.10. The van der Waals surface area contributed by atoms with Crippen LogP contribution in [0.15, 0.2) is 0 Å². The smallest absolute Gasteiger partial charge is 0.188 e. The lowest BCUT2D eigenvalue weighted by atomic mass is 9.89. The van der Waals surface area contributed by atoms with Gasteiger partial charge in [-0.1, -0.05) is 6.92 Å². The topological polar surface area (TPSA) is 65.0 Å². The number of carbonyl (C=O) groups is 1.